The molecule has 0 aliphatic rings. The predicted octanol–water partition coefficient (Wildman–Crippen LogP) is 1.97. The van der Waals surface area contributed by atoms with E-state index < -0.39 is 23.4 Å². The maximum atomic E-state index is 11.9. The molecule has 1 aromatic carbocycles. The Morgan fingerprint density at radius 3 is 2.58 bits per heavy atom. The van der Waals surface area contributed by atoms with Crippen molar-refractivity contribution in [2.45, 2.75) is 13.0 Å². The zero-order valence-corrected chi connectivity index (χ0v) is 13.3. The molecule has 2 rings (SSSR count). The van der Waals surface area contributed by atoms with Gasteiger partial charge in [0.15, 0.2) is 6.61 Å². The summed E-state index contributed by atoms with van der Waals surface area (Å²) >= 11 is 0. The minimum atomic E-state index is -0.798. The van der Waals surface area contributed by atoms with E-state index in [9.17, 15) is 19.7 Å². The normalized spacial score (nSPS) is 11.6. The number of nitro groups is 1. The highest BCUT2D eigenvalue weighted by Crippen LogP contribution is 2.16. The number of carbonyl (C=O) groups excluding carboxylic acids is 2. The summed E-state index contributed by atoms with van der Waals surface area (Å²) in [6.07, 6.45) is 1.20. The average Bonchev–Trinajstić information content (AvgIpc) is 2.95. The van der Waals surface area contributed by atoms with Crippen LogP contribution < -0.4 is 5.32 Å². The molecule has 1 aromatic heterocycles. The Labute approximate surface area is 138 Å². The third-order valence-electron chi connectivity index (χ3n) is 3.42. The van der Waals surface area contributed by atoms with Crippen LogP contribution in [0.3, 0.4) is 0 Å². The highest BCUT2D eigenvalue weighted by atomic mass is 16.6. The smallest absolute Gasteiger partial charge is 0.355 e. The first-order valence-electron chi connectivity index (χ1n) is 7.20. The average molecular weight is 331 g/mol. The van der Waals surface area contributed by atoms with E-state index in [0.717, 1.165) is 11.6 Å². The van der Waals surface area contributed by atoms with Gasteiger partial charge in [0.2, 0.25) is 0 Å². The van der Waals surface area contributed by atoms with Crippen molar-refractivity contribution in [1.82, 2.24) is 9.88 Å². The van der Waals surface area contributed by atoms with Gasteiger partial charge in [0.25, 0.3) is 11.6 Å². The van der Waals surface area contributed by atoms with Crippen LogP contribution in [0.5, 0.6) is 0 Å². The topological polar surface area (TPSA) is 103 Å². The van der Waals surface area contributed by atoms with Crippen LogP contribution in [0.25, 0.3) is 0 Å². The molecule has 1 amide bonds. The lowest BCUT2D eigenvalue weighted by Gasteiger charge is -2.14. The fourth-order valence-electron chi connectivity index (χ4n) is 2.16. The molecule has 0 fully saturated rings. The molecule has 1 unspecified atom stereocenters. The number of hydrogen-bond donors (Lipinski definition) is 1. The molecule has 1 N–H and O–H groups in total. The molecule has 0 saturated heterocycles. The van der Waals surface area contributed by atoms with Crippen LogP contribution in [0.15, 0.2) is 42.6 Å². The van der Waals surface area contributed by atoms with Crippen molar-refractivity contribution < 1.29 is 19.2 Å². The highest BCUT2D eigenvalue weighted by Gasteiger charge is 2.20. The minimum absolute atomic E-state index is 0.00519. The molecule has 1 atom stereocenters. The molecule has 8 heteroatoms. The Bertz CT molecular complexity index is 754. The zero-order valence-electron chi connectivity index (χ0n) is 13.3. The number of ether oxygens (including phenoxy) is 1. The number of esters is 1. The molecule has 1 heterocycles. The molecule has 0 spiro atoms. The fourth-order valence-corrected chi connectivity index (χ4v) is 2.16. The number of hydrogen-bond acceptors (Lipinski definition) is 5. The van der Waals surface area contributed by atoms with Crippen molar-refractivity contribution in [3.05, 3.63) is 64.0 Å². The fraction of sp³-hybridized carbons (Fsp3) is 0.250. The highest BCUT2D eigenvalue weighted by molar-refractivity contribution is 5.90. The van der Waals surface area contributed by atoms with Crippen LogP contribution in [0.4, 0.5) is 5.69 Å². The summed E-state index contributed by atoms with van der Waals surface area (Å²) in [5.41, 5.74) is 0.715. The number of benzene rings is 1. The molecule has 126 valence electrons. The molecule has 24 heavy (non-hydrogen) atoms. The molecule has 0 aliphatic heterocycles. The van der Waals surface area contributed by atoms with Crippen molar-refractivity contribution in [2.75, 3.05) is 6.61 Å². The minimum Gasteiger partial charge on any atom is -0.451 e. The van der Waals surface area contributed by atoms with Gasteiger partial charge in [0.05, 0.1) is 17.2 Å². The Kier molecular flexibility index (Phi) is 5.31. The van der Waals surface area contributed by atoms with Crippen molar-refractivity contribution in [1.29, 1.82) is 0 Å². The first-order valence-corrected chi connectivity index (χ1v) is 7.20. The molecule has 0 radical (unpaired) electrons. The second-order valence-corrected chi connectivity index (χ2v) is 5.23. The van der Waals surface area contributed by atoms with Crippen molar-refractivity contribution >= 4 is 17.6 Å². The largest absolute Gasteiger partial charge is 0.451 e. The number of nitrogens with zero attached hydrogens (tertiary/aromatic N) is 2. The van der Waals surface area contributed by atoms with Crippen LogP contribution in [0.1, 0.15) is 29.0 Å². The number of aromatic nitrogens is 1. The van der Waals surface area contributed by atoms with E-state index in [-0.39, 0.29) is 17.4 Å². The molecule has 2 aromatic rings. The van der Waals surface area contributed by atoms with Gasteiger partial charge in [-0.25, -0.2) is 4.79 Å². The number of amides is 1. The van der Waals surface area contributed by atoms with Crippen LogP contribution in [0.2, 0.25) is 0 Å². The van der Waals surface area contributed by atoms with Crippen molar-refractivity contribution in [3.8, 4) is 0 Å². The summed E-state index contributed by atoms with van der Waals surface area (Å²) in [7, 11) is 1.49. The van der Waals surface area contributed by atoms with E-state index in [2.05, 4.69) is 5.32 Å². The lowest BCUT2D eigenvalue weighted by Crippen LogP contribution is -2.31. The van der Waals surface area contributed by atoms with Gasteiger partial charge in [-0.2, -0.15) is 0 Å². The second kappa shape index (κ2) is 7.40. The van der Waals surface area contributed by atoms with Gasteiger partial charge in [-0.05, 0) is 12.5 Å². The van der Waals surface area contributed by atoms with Crippen LogP contribution >= 0.6 is 0 Å². The first-order chi connectivity index (χ1) is 11.4. The van der Waals surface area contributed by atoms with E-state index in [1.54, 1.807) is 0 Å². The second-order valence-electron chi connectivity index (χ2n) is 5.23. The van der Waals surface area contributed by atoms with Gasteiger partial charge in [-0.1, -0.05) is 30.3 Å². The van der Waals surface area contributed by atoms with Gasteiger partial charge in [-0.3, -0.25) is 14.9 Å². The maximum absolute atomic E-state index is 11.9. The zero-order chi connectivity index (χ0) is 17.7. The van der Waals surface area contributed by atoms with Gasteiger partial charge < -0.3 is 14.6 Å². The third-order valence-corrected chi connectivity index (χ3v) is 3.42. The van der Waals surface area contributed by atoms with E-state index in [4.69, 9.17) is 4.74 Å². The SMILES string of the molecule is CC(NC(=O)COC(=O)c1cc([N+](=O)[O-])cn1C)c1ccccc1. The lowest BCUT2D eigenvalue weighted by atomic mass is 10.1. The van der Waals surface area contributed by atoms with E-state index in [1.807, 2.05) is 37.3 Å². The van der Waals surface area contributed by atoms with E-state index >= 15 is 0 Å². The van der Waals surface area contributed by atoms with Gasteiger partial charge in [0, 0.05) is 13.1 Å². The lowest BCUT2D eigenvalue weighted by molar-refractivity contribution is -0.384. The standard InChI is InChI=1S/C16H17N3O5/c1-11(12-6-4-3-5-7-12)17-15(20)10-24-16(21)14-8-13(19(22)23)9-18(14)2/h3-9,11H,10H2,1-2H3,(H,17,20). The summed E-state index contributed by atoms with van der Waals surface area (Å²) in [5.74, 6) is -1.25. The van der Waals surface area contributed by atoms with Gasteiger partial charge >= 0.3 is 5.97 Å². The van der Waals surface area contributed by atoms with Gasteiger partial charge in [-0.15, -0.1) is 0 Å². The van der Waals surface area contributed by atoms with E-state index in [0.29, 0.717) is 0 Å². The quantitative estimate of drug-likeness (QED) is 0.495. The van der Waals surface area contributed by atoms with Crippen molar-refractivity contribution in [3.63, 3.8) is 0 Å². The molecule has 0 saturated carbocycles. The van der Waals surface area contributed by atoms with Crippen LogP contribution in [0, 0.1) is 10.1 Å². The Hall–Kier alpha value is -3.16. The van der Waals surface area contributed by atoms with Gasteiger partial charge in [0.1, 0.15) is 5.69 Å². The molecule has 0 bridgehead atoms. The molecule has 8 nitrogen and oxygen atoms in total. The number of nitrogens with one attached hydrogen (secondary N) is 1. The van der Waals surface area contributed by atoms with Crippen molar-refractivity contribution in [2.24, 2.45) is 7.05 Å². The summed E-state index contributed by atoms with van der Waals surface area (Å²) < 4.78 is 6.19. The molecular weight excluding hydrogens is 314 g/mol. The van der Waals surface area contributed by atoms with E-state index in [1.165, 1.54) is 17.8 Å². The summed E-state index contributed by atoms with van der Waals surface area (Å²) in [5, 5.41) is 13.4. The maximum Gasteiger partial charge on any atom is 0.355 e. The molecular formula is C16H17N3O5. The summed E-state index contributed by atoms with van der Waals surface area (Å²) in [4.78, 5) is 33.9. The van der Waals surface area contributed by atoms with Crippen LogP contribution in [-0.4, -0.2) is 28.0 Å². The number of rotatable bonds is 6. The number of carbonyl (C=O) groups is 2. The third kappa shape index (κ3) is 4.19. The summed E-state index contributed by atoms with van der Waals surface area (Å²) in [6.45, 7) is 1.35. The first kappa shape index (κ1) is 17.2. The summed E-state index contributed by atoms with van der Waals surface area (Å²) in [6, 6.07) is 10.2. The Balaban J connectivity index is 1.89. The number of aryl methyl sites for hydroxylation is 1. The predicted molar refractivity (Wildman–Crippen MR) is 85.3 cm³/mol. The monoisotopic (exact) mass is 331 g/mol. The molecule has 0 aliphatic carbocycles. The Morgan fingerprint density at radius 2 is 2.00 bits per heavy atom. The Morgan fingerprint density at radius 1 is 1.33 bits per heavy atom. The van der Waals surface area contributed by atoms with Crippen LogP contribution in [-0.2, 0) is 16.6 Å².